The molecule has 2 heterocycles. The third kappa shape index (κ3) is 3.21. The van der Waals surface area contributed by atoms with Crippen molar-refractivity contribution >= 4 is 83.5 Å². The molecule has 0 saturated heterocycles. The Bertz CT molecular complexity index is 1070. The summed E-state index contributed by atoms with van der Waals surface area (Å²) in [5.74, 6) is 0.356. The molecule has 138 valence electrons. The molecule has 1 N–H and O–H groups in total. The molecule has 1 unspecified atom stereocenters. The normalized spacial score (nSPS) is 20.8. The number of carbonyl (C=O) groups excluding carboxylic acids is 1. The van der Waals surface area contributed by atoms with Gasteiger partial charge in [0.2, 0.25) is 0 Å². The minimum atomic E-state index is -2.22. The molecular weight excluding hydrogens is 600 g/mol. The molecule has 1 aromatic heterocycles. The van der Waals surface area contributed by atoms with Gasteiger partial charge in [0.1, 0.15) is 0 Å². The van der Waals surface area contributed by atoms with Crippen LogP contribution in [0, 0.1) is 3.57 Å². The summed E-state index contributed by atoms with van der Waals surface area (Å²) < 4.78 is 3.55. The molecule has 7 heteroatoms. The van der Waals surface area contributed by atoms with Gasteiger partial charge >= 0.3 is 189 Å². The fourth-order valence-corrected chi connectivity index (χ4v) is 13.6. The van der Waals surface area contributed by atoms with E-state index in [2.05, 4.69) is 58.1 Å². The number of phenols is 1. The van der Waals surface area contributed by atoms with Gasteiger partial charge in [-0.1, -0.05) is 0 Å². The molecule has 1 aromatic carbocycles. The van der Waals surface area contributed by atoms with E-state index in [1.165, 1.54) is 16.5 Å². The predicted octanol–water partition coefficient (Wildman–Crippen LogP) is 4.87. The molecule has 4 rings (SSSR count). The zero-order valence-corrected chi connectivity index (χ0v) is 21.3. The molecule has 0 radical (unpaired) electrons. The first-order valence-corrected chi connectivity index (χ1v) is 15.0. The molecule has 1 aliphatic heterocycles. The Balaban J connectivity index is 2.09. The molecule has 0 amide bonds. The summed E-state index contributed by atoms with van der Waals surface area (Å²) in [6.07, 6.45) is 6.27. The van der Waals surface area contributed by atoms with Crippen LogP contribution in [0.2, 0.25) is 12.6 Å². The number of phenolic OH excluding ortho intramolecular Hbond substituents is 1. The van der Waals surface area contributed by atoms with Crippen molar-refractivity contribution in [2.75, 3.05) is 0 Å². The first-order valence-electron chi connectivity index (χ1n) is 8.70. The Kier molecular flexibility index (Phi) is 5.26. The summed E-state index contributed by atoms with van der Waals surface area (Å²) >= 11 is 6.12. The molecule has 3 nitrogen and oxygen atoms in total. The number of hydrogen-bond acceptors (Lipinski definition) is 3. The Hall–Kier alpha value is -0.734. The second-order valence-corrected chi connectivity index (χ2v) is 16.6. The van der Waals surface area contributed by atoms with Crippen molar-refractivity contribution in [2.24, 2.45) is 4.99 Å². The standard InChI is InChI=1S/C20H17BrINO2SeSi/c1-3-8-27(2)16-9-11(24)4-5-13(16)23-14-6-7-15(25)18(20(14)27)19-12(22)10-17(21)26-19/h4-7,9-10,25H,3,8H2,1-2H3. The van der Waals surface area contributed by atoms with E-state index in [1.54, 1.807) is 18.2 Å². The molecule has 2 aliphatic rings. The average molecular weight is 617 g/mol. The number of rotatable bonds is 3. The van der Waals surface area contributed by atoms with Crippen molar-refractivity contribution in [1.29, 1.82) is 0 Å². The molecule has 0 saturated carbocycles. The Morgan fingerprint density at radius 1 is 1.33 bits per heavy atom. The van der Waals surface area contributed by atoms with E-state index in [0.717, 1.165) is 34.6 Å². The zero-order chi connectivity index (χ0) is 19.3. The van der Waals surface area contributed by atoms with Crippen LogP contribution in [0.5, 0.6) is 5.75 Å². The van der Waals surface area contributed by atoms with E-state index < -0.39 is 8.07 Å². The summed E-state index contributed by atoms with van der Waals surface area (Å²) in [4.78, 5) is 17.0. The molecule has 1 aliphatic carbocycles. The van der Waals surface area contributed by atoms with Gasteiger partial charge in [-0.05, 0) is 0 Å². The van der Waals surface area contributed by atoms with Gasteiger partial charge in [0.05, 0.1) is 0 Å². The molecular formula is C20H17BrINO2SeSi. The first kappa shape index (κ1) is 19.6. The summed E-state index contributed by atoms with van der Waals surface area (Å²) in [5.41, 5.74) is 2.82. The Labute approximate surface area is 187 Å². The van der Waals surface area contributed by atoms with Crippen LogP contribution in [0.25, 0.3) is 10.0 Å². The maximum atomic E-state index is 12.2. The fraction of sp³-hybridized carbons (Fsp3) is 0.200. The van der Waals surface area contributed by atoms with Gasteiger partial charge < -0.3 is 0 Å². The third-order valence-electron chi connectivity index (χ3n) is 5.15. The van der Waals surface area contributed by atoms with Gasteiger partial charge in [-0.3, -0.25) is 0 Å². The molecule has 0 fully saturated rings. The van der Waals surface area contributed by atoms with Crippen LogP contribution in [0.15, 0.2) is 50.0 Å². The number of halogens is 2. The van der Waals surface area contributed by atoms with Crippen LogP contribution in [0.4, 0.5) is 5.69 Å². The third-order valence-corrected chi connectivity index (χ3v) is 14.6. The predicted molar refractivity (Wildman–Crippen MR) is 127 cm³/mol. The summed E-state index contributed by atoms with van der Waals surface area (Å²) in [7, 11) is -2.22. The number of allylic oxidation sites excluding steroid dienone is 4. The molecule has 2 aromatic rings. The van der Waals surface area contributed by atoms with Crippen LogP contribution in [0.1, 0.15) is 13.3 Å². The average Bonchev–Trinajstić information content (AvgIpc) is 2.95. The number of aliphatic imine (C=N–C) groups is 1. The van der Waals surface area contributed by atoms with Crippen molar-refractivity contribution in [3.8, 4) is 15.8 Å². The van der Waals surface area contributed by atoms with Gasteiger partial charge in [-0.25, -0.2) is 0 Å². The maximum absolute atomic E-state index is 12.2. The van der Waals surface area contributed by atoms with Crippen molar-refractivity contribution in [3.63, 3.8) is 0 Å². The number of aromatic hydroxyl groups is 1. The van der Waals surface area contributed by atoms with Gasteiger partial charge in [0, 0.05) is 0 Å². The summed E-state index contributed by atoms with van der Waals surface area (Å²) in [5, 5.41) is 13.2. The van der Waals surface area contributed by atoms with Gasteiger partial charge in [-0.2, -0.15) is 0 Å². The monoisotopic (exact) mass is 617 g/mol. The summed E-state index contributed by atoms with van der Waals surface area (Å²) in [6, 6.07) is 6.86. The van der Waals surface area contributed by atoms with Crippen molar-refractivity contribution < 1.29 is 9.90 Å². The number of nitrogens with zero attached hydrogens (tertiary/aromatic N) is 1. The molecule has 1 atom stereocenters. The van der Waals surface area contributed by atoms with Gasteiger partial charge in [0.25, 0.3) is 0 Å². The van der Waals surface area contributed by atoms with Crippen LogP contribution in [-0.4, -0.2) is 39.2 Å². The minimum absolute atomic E-state index is 0.0345. The summed E-state index contributed by atoms with van der Waals surface area (Å²) in [6.45, 7) is 4.51. The van der Waals surface area contributed by atoms with Crippen molar-refractivity contribution in [2.45, 2.75) is 25.9 Å². The van der Waals surface area contributed by atoms with E-state index in [0.29, 0.717) is 5.75 Å². The van der Waals surface area contributed by atoms with E-state index in [9.17, 15) is 9.90 Å². The Morgan fingerprint density at radius 2 is 2.11 bits per heavy atom. The number of benzene rings is 1. The van der Waals surface area contributed by atoms with E-state index in [-0.39, 0.29) is 20.3 Å². The van der Waals surface area contributed by atoms with Gasteiger partial charge in [-0.15, -0.1) is 0 Å². The SMILES string of the molecule is CCC[Si]1(C)C2=CC(=O)C=CC2=Nc2ccc(O)c(-c3[se]c(Br)cc3I)c21. The molecule has 27 heavy (non-hydrogen) atoms. The number of carbonyl (C=O) groups is 1. The van der Waals surface area contributed by atoms with E-state index in [4.69, 9.17) is 4.99 Å². The van der Waals surface area contributed by atoms with Crippen molar-refractivity contribution in [1.82, 2.24) is 0 Å². The molecule has 0 spiro atoms. The quantitative estimate of drug-likeness (QED) is 0.304. The molecule has 0 bridgehead atoms. The van der Waals surface area contributed by atoms with Gasteiger partial charge in [0.15, 0.2) is 0 Å². The number of ketones is 1. The Morgan fingerprint density at radius 3 is 2.78 bits per heavy atom. The van der Waals surface area contributed by atoms with Crippen molar-refractivity contribution in [3.05, 3.63) is 48.5 Å². The zero-order valence-electron chi connectivity index (χ0n) is 14.8. The fourth-order valence-electron chi connectivity index (χ4n) is 4.05. The van der Waals surface area contributed by atoms with Crippen LogP contribution in [0.3, 0.4) is 0 Å². The second kappa shape index (κ2) is 7.26. The number of fused-ring (bicyclic) bond motifs is 2. The number of hydrogen-bond donors (Lipinski definition) is 1. The van der Waals surface area contributed by atoms with Crippen LogP contribution >= 0.6 is 38.5 Å². The van der Waals surface area contributed by atoms with E-state index >= 15 is 0 Å². The second-order valence-electron chi connectivity index (χ2n) is 6.95. The topological polar surface area (TPSA) is 49.7 Å². The van der Waals surface area contributed by atoms with Crippen LogP contribution < -0.4 is 5.19 Å². The van der Waals surface area contributed by atoms with Crippen LogP contribution in [-0.2, 0) is 4.79 Å². The first-order chi connectivity index (χ1) is 12.8. The van der Waals surface area contributed by atoms with E-state index in [1.807, 2.05) is 12.1 Å².